The average molecular weight is 233 g/mol. The molecule has 1 atom stereocenters. The SMILES string of the molecule is Cc1cc(C(=O)NC(C)C2(C)CC2)ccc1O. The van der Waals surface area contributed by atoms with Crippen molar-refractivity contribution in [1.29, 1.82) is 0 Å². The number of aromatic hydroxyl groups is 1. The number of amides is 1. The van der Waals surface area contributed by atoms with E-state index in [1.807, 2.05) is 0 Å². The average Bonchev–Trinajstić information content (AvgIpc) is 3.02. The Bertz CT molecular complexity index is 450. The molecule has 1 amide bonds. The van der Waals surface area contributed by atoms with Gasteiger partial charge in [0.1, 0.15) is 5.75 Å². The molecule has 0 aromatic heterocycles. The molecule has 0 spiro atoms. The van der Waals surface area contributed by atoms with E-state index in [0.29, 0.717) is 5.56 Å². The Balaban J connectivity index is 2.06. The first-order valence-corrected chi connectivity index (χ1v) is 6.03. The smallest absolute Gasteiger partial charge is 0.251 e. The summed E-state index contributed by atoms with van der Waals surface area (Å²) in [7, 11) is 0. The van der Waals surface area contributed by atoms with E-state index in [2.05, 4.69) is 19.2 Å². The molecule has 17 heavy (non-hydrogen) atoms. The number of nitrogens with one attached hydrogen (secondary N) is 1. The Kier molecular flexibility index (Phi) is 2.86. The highest BCUT2D eigenvalue weighted by molar-refractivity contribution is 5.94. The molecule has 1 aromatic carbocycles. The minimum absolute atomic E-state index is 0.0614. The van der Waals surface area contributed by atoms with E-state index >= 15 is 0 Å². The van der Waals surface area contributed by atoms with Crippen LogP contribution in [0, 0.1) is 12.3 Å². The largest absolute Gasteiger partial charge is 0.508 e. The van der Waals surface area contributed by atoms with Crippen LogP contribution in [0.5, 0.6) is 5.75 Å². The highest BCUT2D eigenvalue weighted by Crippen LogP contribution is 2.47. The third-order valence-corrected chi connectivity index (χ3v) is 3.89. The van der Waals surface area contributed by atoms with Crippen molar-refractivity contribution in [3.8, 4) is 5.75 Å². The molecule has 1 aliphatic carbocycles. The van der Waals surface area contributed by atoms with Crippen LogP contribution in [0.25, 0.3) is 0 Å². The van der Waals surface area contributed by atoms with Crippen LogP contribution in [0.15, 0.2) is 18.2 Å². The summed E-state index contributed by atoms with van der Waals surface area (Å²) in [5.74, 6) is 0.164. The van der Waals surface area contributed by atoms with Crippen LogP contribution in [0.2, 0.25) is 0 Å². The van der Waals surface area contributed by atoms with Crippen molar-refractivity contribution in [3.63, 3.8) is 0 Å². The second-order valence-corrected chi connectivity index (χ2v) is 5.35. The van der Waals surface area contributed by atoms with Crippen molar-refractivity contribution in [1.82, 2.24) is 5.32 Å². The lowest BCUT2D eigenvalue weighted by atomic mass is 10.0. The van der Waals surface area contributed by atoms with Crippen LogP contribution in [0.3, 0.4) is 0 Å². The van der Waals surface area contributed by atoms with Crippen LogP contribution in [-0.2, 0) is 0 Å². The molecule has 1 saturated carbocycles. The number of aryl methyl sites for hydroxylation is 1. The van der Waals surface area contributed by atoms with E-state index in [1.165, 1.54) is 12.8 Å². The van der Waals surface area contributed by atoms with Gasteiger partial charge in [-0.25, -0.2) is 0 Å². The number of carbonyl (C=O) groups excluding carboxylic acids is 1. The number of carbonyl (C=O) groups is 1. The van der Waals surface area contributed by atoms with Gasteiger partial charge in [-0.15, -0.1) is 0 Å². The Hall–Kier alpha value is -1.51. The van der Waals surface area contributed by atoms with Gasteiger partial charge >= 0.3 is 0 Å². The maximum Gasteiger partial charge on any atom is 0.251 e. The Morgan fingerprint density at radius 3 is 2.65 bits per heavy atom. The highest BCUT2D eigenvalue weighted by Gasteiger charge is 2.43. The first-order valence-electron chi connectivity index (χ1n) is 6.03. The molecule has 0 saturated heterocycles. The van der Waals surface area contributed by atoms with Gasteiger partial charge in [-0.05, 0) is 55.9 Å². The molecule has 0 heterocycles. The first-order chi connectivity index (χ1) is 7.92. The van der Waals surface area contributed by atoms with E-state index in [4.69, 9.17) is 0 Å². The molecule has 1 aromatic rings. The van der Waals surface area contributed by atoms with E-state index in [9.17, 15) is 9.90 Å². The molecule has 2 rings (SSSR count). The second kappa shape index (κ2) is 4.06. The summed E-state index contributed by atoms with van der Waals surface area (Å²) in [6.07, 6.45) is 2.37. The van der Waals surface area contributed by atoms with E-state index in [0.717, 1.165) is 5.56 Å². The van der Waals surface area contributed by atoms with Crippen molar-refractivity contribution in [2.75, 3.05) is 0 Å². The molecular weight excluding hydrogens is 214 g/mol. The standard InChI is InChI=1S/C14H19NO2/c1-9-8-11(4-5-12(9)16)13(17)15-10(2)14(3)6-7-14/h4-5,8,10,16H,6-7H2,1-3H3,(H,15,17). The van der Waals surface area contributed by atoms with Gasteiger partial charge in [-0.3, -0.25) is 4.79 Å². The molecule has 1 aliphatic rings. The Morgan fingerprint density at radius 2 is 2.12 bits per heavy atom. The molecule has 92 valence electrons. The lowest BCUT2D eigenvalue weighted by Gasteiger charge is -2.20. The second-order valence-electron chi connectivity index (χ2n) is 5.35. The summed E-state index contributed by atoms with van der Waals surface area (Å²) >= 11 is 0. The molecule has 0 aliphatic heterocycles. The topological polar surface area (TPSA) is 49.3 Å². The first kappa shape index (κ1) is 12.0. The molecule has 3 nitrogen and oxygen atoms in total. The molecule has 0 radical (unpaired) electrons. The maximum atomic E-state index is 12.0. The number of hydrogen-bond donors (Lipinski definition) is 2. The zero-order valence-electron chi connectivity index (χ0n) is 10.6. The normalized spacial score (nSPS) is 18.5. The molecular formula is C14H19NO2. The molecule has 1 fully saturated rings. The minimum Gasteiger partial charge on any atom is -0.508 e. The van der Waals surface area contributed by atoms with Gasteiger partial charge in [0, 0.05) is 11.6 Å². The summed E-state index contributed by atoms with van der Waals surface area (Å²) in [5, 5.41) is 12.4. The quantitative estimate of drug-likeness (QED) is 0.843. The van der Waals surface area contributed by atoms with Crippen LogP contribution in [0.4, 0.5) is 0 Å². The fourth-order valence-electron chi connectivity index (χ4n) is 1.88. The third kappa shape index (κ3) is 2.43. The number of phenolic OH excluding ortho intramolecular Hbond substituents is 1. The molecule has 0 bridgehead atoms. The lowest BCUT2D eigenvalue weighted by molar-refractivity contribution is 0.0924. The lowest BCUT2D eigenvalue weighted by Crippen LogP contribution is -2.38. The zero-order valence-corrected chi connectivity index (χ0v) is 10.6. The van der Waals surface area contributed by atoms with Crippen molar-refractivity contribution in [2.24, 2.45) is 5.41 Å². The summed E-state index contributed by atoms with van der Waals surface area (Å²) in [5.41, 5.74) is 1.61. The van der Waals surface area contributed by atoms with Crippen LogP contribution >= 0.6 is 0 Å². The van der Waals surface area contributed by atoms with Crippen molar-refractivity contribution < 1.29 is 9.90 Å². The fourth-order valence-corrected chi connectivity index (χ4v) is 1.88. The summed E-state index contributed by atoms with van der Waals surface area (Å²) in [6, 6.07) is 5.13. The van der Waals surface area contributed by atoms with Gasteiger partial charge in [0.2, 0.25) is 0 Å². The summed E-state index contributed by atoms with van der Waals surface area (Å²) < 4.78 is 0. The zero-order chi connectivity index (χ0) is 12.6. The van der Waals surface area contributed by atoms with Crippen molar-refractivity contribution >= 4 is 5.91 Å². The Morgan fingerprint density at radius 1 is 1.47 bits per heavy atom. The maximum absolute atomic E-state index is 12.0. The molecule has 1 unspecified atom stereocenters. The molecule has 3 heteroatoms. The monoisotopic (exact) mass is 233 g/mol. The number of hydrogen-bond acceptors (Lipinski definition) is 2. The Labute approximate surface area is 102 Å². The predicted molar refractivity (Wildman–Crippen MR) is 67.1 cm³/mol. The van der Waals surface area contributed by atoms with Gasteiger partial charge in [0.25, 0.3) is 5.91 Å². The van der Waals surface area contributed by atoms with E-state index in [-0.39, 0.29) is 23.1 Å². The summed E-state index contributed by atoms with van der Waals surface area (Å²) in [4.78, 5) is 12.0. The van der Waals surface area contributed by atoms with Gasteiger partial charge in [-0.1, -0.05) is 6.92 Å². The van der Waals surface area contributed by atoms with E-state index < -0.39 is 0 Å². The molecule has 2 N–H and O–H groups in total. The number of rotatable bonds is 3. The van der Waals surface area contributed by atoms with Crippen LogP contribution < -0.4 is 5.32 Å². The minimum atomic E-state index is -0.0614. The van der Waals surface area contributed by atoms with Gasteiger partial charge in [-0.2, -0.15) is 0 Å². The van der Waals surface area contributed by atoms with Crippen LogP contribution in [0.1, 0.15) is 42.6 Å². The number of benzene rings is 1. The van der Waals surface area contributed by atoms with Crippen molar-refractivity contribution in [2.45, 2.75) is 39.7 Å². The van der Waals surface area contributed by atoms with E-state index in [1.54, 1.807) is 25.1 Å². The predicted octanol–water partition coefficient (Wildman–Crippen LogP) is 2.62. The van der Waals surface area contributed by atoms with Crippen molar-refractivity contribution in [3.05, 3.63) is 29.3 Å². The van der Waals surface area contributed by atoms with Gasteiger partial charge < -0.3 is 10.4 Å². The van der Waals surface area contributed by atoms with Gasteiger partial charge in [0.15, 0.2) is 0 Å². The number of phenols is 1. The third-order valence-electron chi connectivity index (χ3n) is 3.89. The summed E-state index contributed by atoms with van der Waals surface area (Å²) in [6.45, 7) is 6.04. The van der Waals surface area contributed by atoms with Crippen LogP contribution in [-0.4, -0.2) is 17.1 Å². The fraction of sp³-hybridized carbons (Fsp3) is 0.500. The highest BCUT2D eigenvalue weighted by atomic mass is 16.3. The van der Waals surface area contributed by atoms with Gasteiger partial charge in [0.05, 0.1) is 0 Å².